The molecule has 0 amide bonds. The van der Waals surface area contributed by atoms with Gasteiger partial charge in [0, 0.05) is 24.2 Å². The summed E-state index contributed by atoms with van der Waals surface area (Å²) in [5.41, 5.74) is 2.16. The Morgan fingerprint density at radius 1 is 1.09 bits per heavy atom. The predicted octanol–water partition coefficient (Wildman–Crippen LogP) is 3.94. The smallest absolute Gasteiger partial charge is 0.176 e. The Labute approximate surface area is 133 Å². The molecule has 5 heteroatoms. The number of para-hydroxylation sites is 1. The van der Waals surface area contributed by atoms with Gasteiger partial charge in [-0.25, -0.2) is 9.67 Å². The quantitative estimate of drug-likeness (QED) is 0.574. The molecule has 0 aliphatic rings. The van der Waals surface area contributed by atoms with Gasteiger partial charge in [0.1, 0.15) is 0 Å². The van der Waals surface area contributed by atoms with Crippen LogP contribution in [-0.4, -0.2) is 19.3 Å². The minimum Gasteiger partial charge on any atom is -0.461 e. The molecule has 5 nitrogen and oxygen atoms in total. The highest BCUT2D eigenvalue weighted by Gasteiger charge is 2.16. The largest absolute Gasteiger partial charge is 0.461 e. The van der Waals surface area contributed by atoms with Crippen molar-refractivity contribution in [3.63, 3.8) is 0 Å². The second-order valence-corrected chi connectivity index (χ2v) is 5.37. The van der Waals surface area contributed by atoms with E-state index >= 15 is 0 Å². The highest BCUT2D eigenvalue weighted by Crippen LogP contribution is 2.25. The molecule has 23 heavy (non-hydrogen) atoms. The van der Waals surface area contributed by atoms with Gasteiger partial charge < -0.3 is 8.98 Å². The Morgan fingerprint density at radius 2 is 1.96 bits per heavy atom. The van der Waals surface area contributed by atoms with E-state index in [1.165, 1.54) is 0 Å². The number of hydrogen-bond donors (Lipinski definition) is 0. The lowest BCUT2D eigenvalue weighted by atomic mass is 10.2. The fourth-order valence-electron chi connectivity index (χ4n) is 2.66. The summed E-state index contributed by atoms with van der Waals surface area (Å²) in [4.78, 5) is 4.41. The molecule has 0 aliphatic carbocycles. The van der Waals surface area contributed by atoms with Gasteiger partial charge in [0.2, 0.25) is 0 Å². The molecule has 0 aliphatic heterocycles. The van der Waals surface area contributed by atoms with Crippen molar-refractivity contribution in [2.24, 2.45) is 0 Å². The number of hydrogen-bond acceptors (Lipinski definition) is 3. The van der Waals surface area contributed by atoms with E-state index in [-0.39, 0.29) is 6.04 Å². The van der Waals surface area contributed by atoms with Crippen LogP contribution in [0.3, 0.4) is 0 Å². The SMILES string of the molecule is CC(c1cnn(-c2ccccc2)c1)n1ccnc1-c1ccco1. The van der Waals surface area contributed by atoms with E-state index in [9.17, 15) is 0 Å². The number of aromatic nitrogens is 4. The van der Waals surface area contributed by atoms with Crippen LogP contribution in [0.5, 0.6) is 0 Å². The summed E-state index contributed by atoms with van der Waals surface area (Å²) < 4.78 is 9.45. The van der Waals surface area contributed by atoms with Gasteiger partial charge in [-0.15, -0.1) is 0 Å². The van der Waals surface area contributed by atoms with Crippen LogP contribution in [0.2, 0.25) is 0 Å². The summed E-state index contributed by atoms with van der Waals surface area (Å²) in [5, 5.41) is 4.47. The topological polar surface area (TPSA) is 48.8 Å². The summed E-state index contributed by atoms with van der Waals surface area (Å²) >= 11 is 0. The minimum atomic E-state index is 0.107. The Morgan fingerprint density at radius 3 is 2.74 bits per heavy atom. The molecular formula is C18H16N4O. The Kier molecular flexibility index (Phi) is 3.31. The third kappa shape index (κ3) is 2.46. The van der Waals surface area contributed by atoms with Crippen LogP contribution in [0.15, 0.2) is 77.9 Å². The van der Waals surface area contributed by atoms with Gasteiger partial charge >= 0.3 is 0 Å². The van der Waals surface area contributed by atoms with Crippen LogP contribution in [-0.2, 0) is 0 Å². The molecule has 114 valence electrons. The molecule has 0 N–H and O–H groups in total. The van der Waals surface area contributed by atoms with Crippen molar-refractivity contribution >= 4 is 0 Å². The molecule has 0 spiro atoms. The van der Waals surface area contributed by atoms with Gasteiger partial charge in [0.15, 0.2) is 11.6 Å². The lowest BCUT2D eigenvalue weighted by Gasteiger charge is -2.13. The molecule has 3 aromatic heterocycles. The van der Waals surface area contributed by atoms with Crippen LogP contribution in [0.25, 0.3) is 17.3 Å². The van der Waals surface area contributed by atoms with Crippen LogP contribution in [0, 0.1) is 0 Å². The summed E-state index contributed by atoms with van der Waals surface area (Å²) in [7, 11) is 0. The number of imidazole rings is 1. The molecule has 4 rings (SSSR count). The van der Waals surface area contributed by atoms with Gasteiger partial charge in [-0.2, -0.15) is 5.10 Å². The fourth-order valence-corrected chi connectivity index (χ4v) is 2.66. The molecule has 1 atom stereocenters. The van der Waals surface area contributed by atoms with E-state index in [2.05, 4.69) is 21.6 Å². The first-order valence-electron chi connectivity index (χ1n) is 7.49. The summed E-state index contributed by atoms with van der Waals surface area (Å²) in [6.07, 6.45) is 9.35. The molecule has 1 unspecified atom stereocenters. The lowest BCUT2D eigenvalue weighted by molar-refractivity contribution is 0.560. The predicted molar refractivity (Wildman–Crippen MR) is 87.3 cm³/mol. The standard InChI is InChI=1S/C18H16N4O/c1-14(21-10-9-19-18(21)17-8-5-11-23-17)15-12-20-22(13-15)16-6-3-2-4-7-16/h2-14H,1H3. The van der Waals surface area contributed by atoms with E-state index in [0.717, 1.165) is 22.8 Å². The summed E-state index contributed by atoms with van der Waals surface area (Å²) in [6.45, 7) is 2.13. The molecule has 0 bridgehead atoms. The molecule has 0 radical (unpaired) electrons. The van der Waals surface area contributed by atoms with Crippen LogP contribution in [0.4, 0.5) is 0 Å². The molecule has 0 saturated heterocycles. The van der Waals surface area contributed by atoms with Crippen molar-refractivity contribution < 1.29 is 4.42 Å². The van der Waals surface area contributed by atoms with Crippen molar-refractivity contribution in [1.29, 1.82) is 0 Å². The highest BCUT2D eigenvalue weighted by molar-refractivity contribution is 5.47. The number of nitrogens with zero attached hydrogens (tertiary/aromatic N) is 4. The highest BCUT2D eigenvalue weighted by atomic mass is 16.3. The van der Waals surface area contributed by atoms with Crippen molar-refractivity contribution in [2.45, 2.75) is 13.0 Å². The molecule has 4 aromatic rings. The van der Waals surface area contributed by atoms with E-state index < -0.39 is 0 Å². The van der Waals surface area contributed by atoms with Crippen molar-refractivity contribution in [3.8, 4) is 17.3 Å². The summed E-state index contributed by atoms with van der Waals surface area (Å²) in [5.74, 6) is 1.58. The first kappa shape index (κ1) is 13.6. The van der Waals surface area contributed by atoms with Gasteiger partial charge in [-0.05, 0) is 31.2 Å². The van der Waals surface area contributed by atoms with E-state index in [0.29, 0.717) is 0 Å². The number of rotatable bonds is 4. The maximum Gasteiger partial charge on any atom is 0.176 e. The van der Waals surface area contributed by atoms with E-state index in [1.807, 2.05) is 65.7 Å². The monoisotopic (exact) mass is 304 g/mol. The maximum absolute atomic E-state index is 5.47. The van der Waals surface area contributed by atoms with Gasteiger partial charge in [0.25, 0.3) is 0 Å². The average Bonchev–Trinajstić information content (AvgIpc) is 3.34. The Hall–Kier alpha value is -3.08. The molecular weight excluding hydrogens is 288 g/mol. The zero-order valence-corrected chi connectivity index (χ0v) is 12.7. The Balaban J connectivity index is 1.67. The lowest BCUT2D eigenvalue weighted by Crippen LogP contribution is -2.06. The first-order valence-corrected chi connectivity index (χ1v) is 7.49. The van der Waals surface area contributed by atoms with Crippen LogP contribution in [0.1, 0.15) is 18.5 Å². The second-order valence-electron chi connectivity index (χ2n) is 5.37. The molecule has 0 saturated carbocycles. The number of benzene rings is 1. The van der Waals surface area contributed by atoms with Gasteiger partial charge in [-0.1, -0.05) is 18.2 Å². The molecule has 3 heterocycles. The normalized spacial score (nSPS) is 12.4. The minimum absolute atomic E-state index is 0.107. The second kappa shape index (κ2) is 5.61. The molecule has 0 fully saturated rings. The van der Waals surface area contributed by atoms with Crippen molar-refractivity contribution in [1.82, 2.24) is 19.3 Å². The molecule has 1 aromatic carbocycles. The maximum atomic E-state index is 5.47. The van der Waals surface area contributed by atoms with Gasteiger partial charge in [0.05, 0.1) is 24.2 Å². The van der Waals surface area contributed by atoms with E-state index in [1.54, 1.807) is 12.5 Å². The average molecular weight is 304 g/mol. The number of furan rings is 1. The zero-order valence-electron chi connectivity index (χ0n) is 12.7. The summed E-state index contributed by atoms with van der Waals surface area (Å²) in [6, 6.07) is 14.0. The Bertz CT molecular complexity index is 890. The fraction of sp³-hybridized carbons (Fsp3) is 0.111. The van der Waals surface area contributed by atoms with Crippen LogP contribution >= 0.6 is 0 Å². The van der Waals surface area contributed by atoms with Crippen molar-refractivity contribution in [3.05, 3.63) is 79.1 Å². The van der Waals surface area contributed by atoms with E-state index in [4.69, 9.17) is 4.42 Å². The van der Waals surface area contributed by atoms with Crippen molar-refractivity contribution in [2.75, 3.05) is 0 Å². The van der Waals surface area contributed by atoms with Crippen LogP contribution < -0.4 is 0 Å². The third-order valence-corrected chi connectivity index (χ3v) is 3.93. The van der Waals surface area contributed by atoms with Gasteiger partial charge in [-0.3, -0.25) is 0 Å². The third-order valence-electron chi connectivity index (χ3n) is 3.93. The first-order chi connectivity index (χ1) is 11.3. The zero-order chi connectivity index (χ0) is 15.6.